The standard InChI is InChI=1S/C25H29N3O4S/c1-31-19-10-8-18(9-11-19)25(30)26-12-13-28-16-23(21-6-2-3-7-22(21)28)33-17-24(29)27-15-20-5-4-14-32-20/h2-3,6-11,16,20H,4-5,12-15,17H2,1H3,(H,26,30)(H,27,29)/t20-/m0/s1. The molecule has 4 rings (SSSR count). The average molecular weight is 468 g/mol. The first kappa shape index (κ1) is 23.2. The van der Waals surface area contributed by atoms with Gasteiger partial charge in [-0.3, -0.25) is 9.59 Å². The van der Waals surface area contributed by atoms with E-state index in [1.165, 1.54) is 11.8 Å². The minimum Gasteiger partial charge on any atom is -0.497 e. The molecule has 7 nitrogen and oxygen atoms in total. The van der Waals surface area contributed by atoms with Crippen molar-refractivity contribution in [3.8, 4) is 5.75 Å². The Morgan fingerprint density at radius 2 is 1.97 bits per heavy atom. The number of amides is 2. The van der Waals surface area contributed by atoms with Crippen LogP contribution in [0.1, 0.15) is 23.2 Å². The second-order valence-corrected chi connectivity index (χ2v) is 8.93. The summed E-state index contributed by atoms with van der Waals surface area (Å²) in [7, 11) is 1.60. The number of para-hydroxylation sites is 1. The van der Waals surface area contributed by atoms with E-state index in [4.69, 9.17) is 9.47 Å². The fourth-order valence-electron chi connectivity index (χ4n) is 3.87. The van der Waals surface area contributed by atoms with E-state index in [2.05, 4.69) is 33.5 Å². The molecule has 0 radical (unpaired) electrons. The summed E-state index contributed by atoms with van der Waals surface area (Å²) in [5, 5.41) is 7.05. The first-order chi connectivity index (χ1) is 16.1. The van der Waals surface area contributed by atoms with Crippen molar-refractivity contribution >= 4 is 34.5 Å². The van der Waals surface area contributed by atoms with Crippen LogP contribution in [-0.4, -0.2) is 55.0 Å². The van der Waals surface area contributed by atoms with E-state index in [0.29, 0.717) is 31.0 Å². The summed E-state index contributed by atoms with van der Waals surface area (Å²) in [5.41, 5.74) is 1.68. The predicted octanol–water partition coefficient (Wildman–Crippen LogP) is 3.47. The molecule has 1 atom stereocenters. The highest BCUT2D eigenvalue weighted by atomic mass is 32.2. The van der Waals surface area contributed by atoms with E-state index in [1.807, 2.05) is 12.1 Å². The van der Waals surface area contributed by atoms with E-state index >= 15 is 0 Å². The van der Waals surface area contributed by atoms with Crippen molar-refractivity contribution in [2.24, 2.45) is 0 Å². The van der Waals surface area contributed by atoms with Crippen LogP contribution in [0.25, 0.3) is 10.9 Å². The highest BCUT2D eigenvalue weighted by molar-refractivity contribution is 8.00. The van der Waals surface area contributed by atoms with Crippen molar-refractivity contribution in [1.29, 1.82) is 0 Å². The number of methoxy groups -OCH3 is 1. The Kier molecular flexibility index (Phi) is 7.91. The lowest BCUT2D eigenvalue weighted by Gasteiger charge is -2.10. The molecule has 2 amide bonds. The lowest BCUT2D eigenvalue weighted by Crippen LogP contribution is -2.32. The van der Waals surface area contributed by atoms with E-state index in [1.54, 1.807) is 31.4 Å². The number of carbonyl (C=O) groups is 2. The zero-order valence-corrected chi connectivity index (χ0v) is 19.5. The van der Waals surface area contributed by atoms with Gasteiger partial charge in [-0.2, -0.15) is 0 Å². The van der Waals surface area contributed by atoms with Crippen LogP contribution in [0, 0.1) is 0 Å². The van der Waals surface area contributed by atoms with Gasteiger partial charge in [0.1, 0.15) is 5.75 Å². The zero-order chi connectivity index (χ0) is 23.0. The number of nitrogens with one attached hydrogen (secondary N) is 2. The number of aromatic nitrogens is 1. The molecular weight excluding hydrogens is 438 g/mol. The molecule has 33 heavy (non-hydrogen) atoms. The maximum absolute atomic E-state index is 12.4. The molecule has 174 valence electrons. The Morgan fingerprint density at radius 1 is 1.15 bits per heavy atom. The van der Waals surface area contributed by atoms with E-state index in [9.17, 15) is 9.59 Å². The van der Waals surface area contributed by atoms with Crippen molar-refractivity contribution in [3.05, 3.63) is 60.3 Å². The van der Waals surface area contributed by atoms with E-state index in [0.717, 1.165) is 41.0 Å². The Balaban J connectivity index is 1.32. The topological polar surface area (TPSA) is 81.6 Å². The lowest BCUT2D eigenvalue weighted by molar-refractivity contribution is -0.119. The Bertz CT molecular complexity index is 1090. The molecule has 0 unspecified atom stereocenters. The fourth-order valence-corrected chi connectivity index (χ4v) is 4.79. The Labute approximate surface area is 197 Å². The first-order valence-corrected chi connectivity index (χ1v) is 12.1. The van der Waals surface area contributed by atoms with Crippen LogP contribution in [0.15, 0.2) is 59.6 Å². The Hall–Kier alpha value is -2.97. The largest absolute Gasteiger partial charge is 0.497 e. The highest BCUT2D eigenvalue weighted by Gasteiger charge is 2.17. The predicted molar refractivity (Wildman–Crippen MR) is 130 cm³/mol. The molecule has 0 saturated carbocycles. The van der Waals surface area contributed by atoms with Gasteiger partial charge in [-0.15, -0.1) is 11.8 Å². The zero-order valence-electron chi connectivity index (χ0n) is 18.7. The molecule has 1 aliphatic heterocycles. The summed E-state index contributed by atoms with van der Waals surface area (Å²) in [6, 6.07) is 15.2. The number of thioether (sulfide) groups is 1. The number of ether oxygens (including phenoxy) is 2. The van der Waals surface area contributed by atoms with Crippen molar-refractivity contribution in [1.82, 2.24) is 15.2 Å². The van der Waals surface area contributed by atoms with Crippen LogP contribution in [0.2, 0.25) is 0 Å². The molecule has 0 bridgehead atoms. The number of nitrogens with zero attached hydrogens (tertiary/aromatic N) is 1. The molecule has 3 aromatic rings. The molecule has 1 aromatic heterocycles. The third kappa shape index (κ3) is 6.09. The maximum Gasteiger partial charge on any atom is 0.251 e. The molecule has 8 heteroatoms. The number of hydrogen-bond donors (Lipinski definition) is 2. The van der Waals surface area contributed by atoms with Crippen molar-refractivity contribution in [2.75, 3.05) is 32.6 Å². The molecule has 0 spiro atoms. The van der Waals surface area contributed by atoms with E-state index in [-0.39, 0.29) is 17.9 Å². The molecule has 2 aromatic carbocycles. The lowest BCUT2D eigenvalue weighted by atomic mass is 10.2. The molecule has 1 aliphatic rings. The molecule has 1 saturated heterocycles. The minimum atomic E-state index is -0.119. The average Bonchev–Trinajstić information content (AvgIpc) is 3.50. The van der Waals surface area contributed by atoms with Gasteiger partial charge in [0, 0.05) is 53.8 Å². The quantitative estimate of drug-likeness (QED) is 0.446. The van der Waals surface area contributed by atoms with Crippen molar-refractivity contribution in [3.63, 3.8) is 0 Å². The van der Waals surface area contributed by atoms with Gasteiger partial charge in [-0.1, -0.05) is 18.2 Å². The van der Waals surface area contributed by atoms with Crippen molar-refractivity contribution < 1.29 is 19.1 Å². The summed E-state index contributed by atoms with van der Waals surface area (Å²) in [6.07, 6.45) is 4.28. The van der Waals surface area contributed by atoms with Crippen LogP contribution in [0.4, 0.5) is 0 Å². The van der Waals surface area contributed by atoms with Crippen molar-refractivity contribution in [2.45, 2.75) is 30.4 Å². The number of rotatable bonds is 10. The number of fused-ring (bicyclic) bond motifs is 1. The molecule has 2 heterocycles. The molecular formula is C25H29N3O4S. The third-order valence-electron chi connectivity index (χ3n) is 5.65. The first-order valence-electron chi connectivity index (χ1n) is 11.2. The Morgan fingerprint density at radius 3 is 2.73 bits per heavy atom. The summed E-state index contributed by atoms with van der Waals surface area (Å²) in [4.78, 5) is 25.8. The van der Waals surface area contributed by atoms with Gasteiger partial charge < -0.3 is 24.7 Å². The van der Waals surface area contributed by atoms with Crippen LogP contribution >= 0.6 is 11.8 Å². The third-order valence-corrected chi connectivity index (χ3v) is 6.70. The van der Waals surface area contributed by atoms with Gasteiger partial charge in [-0.05, 0) is 43.2 Å². The normalized spacial score (nSPS) is 15.5. The summed E-state index contributed by atoms with van der Waals surface area (Å²) in [5.74, 6) is 0.969. The van der Waals surface area contributed by atoms with Gasteiger partial charge in [0.15, 0.2) is 0 Å². The smallest absolute Gasteiger partial charge is 0.251 e. The number of carbonyl (C=O) groups excluding carboxylic acids is 2. The van der Waals surface area contributed by atoms with Crippen LogP contribution < -0.4 is 15.4 Å². The SMILES string of the molecule is COc1ccc(C(=O)NCCn2cc(SCC(=O)NC[C@@H]3CCCO3)c3ccccc32)cc1. The van der Waals surface area contributed by atoms with E-state index < -0.39 is 0 Å². The van der Waals surface area contributed by atoms with Crippen LogP contribution in [0.3, 0.4) is 0 Å². The minimum absolute atomic E-state index is 0.0130. The number of hydrogen-bond acceptors (Lipinski definition) is 5. The maximum atomic E-state index is 12.4. The van der Waals surface area contributed by atoms with Gasteiger partial charge in [0.2, 0.25) is 5.91 Å². The fraction of sp³-hybridized carbons (Fsp3) is 0.360. The van der Waals surface area contributed by atoms with Gasteiger partial charge in [0.25, 0.3) is 5.91 Å². The van der Waals surface area contributed by atoms with Crippen LogP contribution in [-0.2, 0) is 16.1 Å². The summed E-state index contributed by atoms with van der Waals surface area (Å²) >= 11 is 1.53. The van der Waals surface area contributed by atoms with Gasteiger partial charge >= 0.3 is 0 Å². The summed E-state index contributed by atoms with van der Waals surface area (Å²) in [6.45, 7) is 2.49. The molecule has 2 N–H and O–H groups in total. The second-order valence-electron chi connectivity index (χ2n) is 7.92. The van der Waals surface area contributed by atoms with Crippen LogP contribution in [0.5, 0.6) is 5.75 Å². The molecule has 1 fully saturated rings. The van der Waals surface area contributed by atoms with Gasteiger partial charge in [0.05, 0.1) is 19.0 Å². The second kappa shape index (κ2) is 11.2. The van der Waals surface area contributed by atoms with Gasteiger partial charge in [-0.25, -0.2) is 0 Å². The molecule has 0 aliphatic carbocycles. The highest BCUT2D eigenvalue weighted by Crippen LogP contribution is 2.29. The summed E-state index contributed by atoms with van der Waals surface area (Å²) < 4.78 is 12.8. The monoisotopic (exact) mass is 467 g/mol. The number of benzene rings is 2.